The van der Waals surface area contributed by atoms with Crippen LogP contribution in [0.3, 0.4) is 0 Å². The Kier molecular flexibility index (Phi) is 5.73. The van der Waals surface area contributed by atoms with E-state index in [0.29, 0.717) is 12.2 Å². The van der Waals surface area contributed by atoms with Crippen molar-refractivity contribution in [3.63, 3.8) is 0 Å². The highest BCUT2D eigenvalue weighted by molar-refractivity contribution is 9.10. The Bertz CT molecular complexity index is 916. The van der Waals surface area contributed by atoms with E-state index < -0.39 is 12.2 Å². The molecule has 1 aromatic heterocycles. The molecule has 0 saturated heterocycles. The maximum atomic E-state index is 11.2. The molecule has 134 valence electrons. The first kappa shape index (κ1) is 18.2. The SMILES string of the molecule is Cc1cc(OCC(Cc2ccccc2)OC(N)=O)c(Br)c2cccnc12. The van der Waals surface area contributed by atoms with Gasteiger partial charge in [0.15, 0.2) is 0 Å². The third-order valence-corrected chi connectivity index (χ3v) is 4.81. The molecule has 0 bridgehead atoms. The molecular formula is C20H19BrN2O3. The molecule has 5 nitrogen and oxygen atoms in total. The number of aromatic nitrogens is 1. The molecule has 1 heterocycles. The van der Waals surface area contributed by atoms with Crippen molar-refractivity contribution in [2.24, 2.45) is 5.73 Å². The summed E-state index contributed by atoms with van der Waals surface area (Å²) in [6.07, 6.45) is 0.994. The summed E-state index contributed by atoms with van der Waals surface area (Å²) in [5.74, 6) is 0.675. The second-order valence-corrected chi connectivity index (χ2v) is 6.76. The number of halogens is 1. The van der Waals surface area contributed by atoms with Crippen LogP contribution in [0.25, 0.3) is 10.9 Å². The van der Waals surface area contributed by atoms with Crippen LogP contribution in [0.1, 0.15) is 11.1 Å². The largest absolute Gasteiger partial charge is 0.488 e. The zero-order chi connectivity index (χ0) is 18.5. The van der Waals surface area contributed by atoms with Gasteiger partial charge < -0.3 is 15.2 Å². The first-order valence-electron chi connectivity index (χ1n) is 8.21. The fourth-order valence-corrected chi connectivity index (χ4v) is 3.37. The Morgan fingerprint density at radius 1 is 1.23 bits per heavy atom. The molecule has 6 heteroatoms. The maximum Gasteiger partial charge on any atom is 0.404 e. The molecule has 0 aliphatic carbocycles. The van der Waals surface area contributed by atoms with Gasteiger partial charge in [0.05, 0.1) is 9.99 Å². The third-order valence-electron chi connectivity index (χ3n) is 4.00. The number of rotatable bonds is 6. The van der Waals surface area contributed by atoms with Crippen LogP contribution in [0.5, 0.6) is 5.75 Å². The Balaban J connectivity index is 1.79. The number of hydrogen-bond acceptors (Lipinski definition) is 4. The molecule has 0 aliphatic heterocycles. The average molecular weight is 415 g/mol. The van der Waals surface area contributed by atoms with Crippen molar-refractivity contribution in [2.75, 3.05) is 6.61 Å². The average Bonchev–Trinajstić information content (AvgIpc) is 2.64. The van der Waals surface area contributed by atoms with Gasteiger partial charge in [-0.15, -0.1) is 0 Å². The number of benzene rings is 2. The standard InChI is InChI=1S/C20H19BrN2O3/c1-13-10-17(18(21)16-8-5-9-23-19(13)16)25-12-15(26-20(22)24)11-14-6-3-2-4-7-14/h2-10,15H,11-12H2,1H3,(H2,22,24). The molecule has 0 radical (unpaired) electrons. The first-order chi connectivity index (χ1) is 12.5. The van der Waals surface area contributed by atoms with Gasteiger partial charge in [-0.05, 0) is 52.2 Å². The number of primary amides is 1. The van der Waals surface area contributed by atoms with E-state index in [9.17, 15) is 4.79 Å². The van der Waals surface area contributed by atoms with Gasteiger partial charge in [0.1, 0.15) is 18.5 Å². The van der Waals surface area contributed by atoms with Gasteiger partial charge in [0, 0.05) is 18.0 Å². The lowest BCUT2D eigenvalue weighted by molar-refractivity contribution is 0.0716. The van der Waals surface area contributed by atoms with Crippen LogP contribution in [0, 0.1) is 6.92 Å². The highest BCUT2D eigenvalue weighted by Crippen LogP contribution is 2.34. The van der Waals surface area contributed by atoms with E-state index in [2.05, 4.69) is 20.9 Å². The minimum absolute atomic E-state index is 0.196. The zero-order valence-corrected chi connectivity index (χ0v) is 15.9. The third kappa shape index (κ3) is 4.32. The highest BCUT2D eigenvalue weighted by atomic mass is 79.9. The molecule has 26 heavy (non-hydrogen) atoms. The van der Waals surface area contributed by atoms with Crippen molar-refractivity contribution >= 4 is 32.9 Å². The molecule has 1 atom stereocenters. The quantitative estimate of drug-likeness (QED) is 0.648. The molecule has 3 rings (SSSR count). The Labute approximate surface area is 160 Å². The Morgan fingerprint density at radius 3 is 2.73 bits per heavy atom. The van der Waals surface area contributed by atoms with E-state index in [-0.39, 0.29) is 6.61 Å². The fraction of sp³-hybridized carbons (Fsp3) is 0.200. The van der Waals surface area contributed by atoms with Gasteiger partial charge >= 0.3 is 6.09 Å². The lowest BCUT2D eigenvalue weighted by Gasteiger charge is -2.19. The van der Waals surface area contributed by atoms with Crippen LogP contribution in [0.4, 0.5) is 4.79 Å². The summed E-state index contributed by atoms with van der Waals surface area (Å²) in [4.78, 5) is 15.6. The van der Waals surface area contributed by atoms with Gasteiger partial charge in [-0.2, -0.15) is 0 Å². The number of fused-ring (bicyclic) bond motifs is 1. The molecule has 0 spiro atoms. The number of ether oxygens (including phenoxy) is 2. The van der Waals surface area contributed by atoms with E-state index in [4.69, 9.17) is 15.2 Å². The molecule has 0 aliphatic rings. The summed E-state index contributed by atoms with van der Waals surface area (Å²) < 4.78 is 12.0. The monoisotopic (exact) mass is 414 g/mol. The van der Waals surface area contributed by atoms with Gasteiger partial charge in [0.25, 0.3) is 0 Å². The van der Waals surface area contributed by atoms with E-state index in [1.807, 2.05) is 55.5 Å². The number of carbonyl (C=O) groups excluding carboxylic acids is 1. The van der Waals surface area contributed by atoms with E-state index in [0.717, 1.165) is 26.5 Å². The van der Waals surface area contributed by atoms with Crippen molar-refractivity contribution in [3.05, 3.63) is 70.3 Å². The van der Waals surface area contributed by atoms with Crippen molar-refractivity contribution < 1.29 is 14.3 Å². The Hall–Kier alpha value is -2.60. The summed E-state index contributed by atoms with van der Waals surface area (Å²) in [5.41, 5.74) is 8.18. The van der Waals surface area contributed by atoms with Crippen LogP contribution in [0.15, 0.2) is 59.2 Å². The summed E-state index contributed by atoms with van der Waals surface area (Å²) in [6.45, 7) is 2.18. The van der Waals surface area contributed by atoms with E-state index >= 15 is 0 Å². The molecule has 2 N–H and O–H groups in total. The molecule has 1 amide bonds. The predicted molar refractivity (Wildman–Crippen MR) is 104 cm³/mol. The van der Waals surface area contributed by atoms with E-state index in [1.54, 1.807) is 6.20 Å². The van der Waals surface area contributed by atoms with Crippen LogP contribution in [-0.4, -0.2) is 23.8 Å². The molecular weight excluding hydrogens is 396 g/mol. The van der Waals surface area contributed by atoms with Gasteiger partial charge in [-0.1, -0.05) is 30.3 Å². The van der Waals surface area contributed by atoms with Crippen molar-refractivity contribution in [3.8, 4) is 5.75 Å². The van der Waals surface area contributed by atoms with Crippen molar-refractivity contribution in [1.82, 2.24) is 4.98 Å². The van der Waals surface area contributed by atoms with Crippen molar-refractivity contribution in [2.45, 2.75) is 19.4 Å². The van der Waals surface area contributed by atoms with Gasteiger partial charge in [-0.3, -0.25) is 4.98 Å². The smallest absolute Gasteiger partial charge is 0.404 e. The Morgan fingerprint density at radius 2 is 2.00 bits per heavy atom. The normalized spacial score (nSPS) is 11.9. The van der Waals surface area contributed by atoms with Gasteiger partial charge in [-0.25, -0.2) is 4.79 Å². The number of amides is 1. The number of pyridine rings is 1. The number of hydrogen-bond donors (Lipinski definition) is 1. The van der Waals surface area contributed by atoms with Crippen LogP contribution in [-0.2, 0) is 11.2 Å². The van der Waals surface area contributed by atoms with Crippen LogP contribution >= 0.6 is 15.9 Å². The first-order valence-corrected chi connectivity index (χ1v) is 9.00. The summed E-state index contributed by atoms with van der Waals surface area (Å²) >= 11 is 3.59. The highest BCUT2D eigenvalue weighted by Gasteiger charge is 2.17. The van der Waals surface area contributed by atoms with E-state index in [1.165, 1.54) is 0 Å². The summed E-state index contributed by atoms with van der Waals surface area (Å²) in [6, 6.07) is 15.5. The zero-order valence-electron chi connectivity index (χ0n) is 14.3. The number of carbonyl (C=O) groups is 1. The number of nitrogens with zero attached hydrogens (tertiary/aromatic N) is 1. The fourth-order valence-electron chi connectivity index (χ4n) is 2.82. The second kappa shape index (κ2) is 8.19. The molecule has 0 fully saturated rings. The maximum absolute atomic E-state index is 11.2. The molecule has 1 unspecified atom stereocenters. The van der Waals surface area contributed by atoms with Gasteiger partial charge in [0.2, 0.25) is 0 Å². The summed E-state index contributed by atoms with van der Waals surface area (Å²) in [7, 11) is 0. The molecule has 0 saturated carbocycles. The topological polar surface area (TPSA) is 74.4 Å². The summed E-state index contributed by atoms with van der Waals surface area (Å²) in [5, 5.41) is 0.970. The lowest BCUT2D eigenvalue weighted by Crippen LogP contribution is -2.30. The van der Waals surface area contributed by atoms with Crippen molar-refractivity contribution in [1.29, 1.82) is 0 Å². The van der Waals surface area contributed by atoms with Crippen LogP contribution < -0.4 is 10.5 Å². The molecule has 2 aromatic carbocycles. The minimum atomic E-state index is -0.813. The number of aryl methyl sites for hydroxylation is 1. The number of nitrogens with two attached hydrogens (primary N) is 1. The lowest BCUT2D eigenvalue weighted by atomic mass is 10.1. The predicted octanol–water partition coefficient (Wildman–Crippen LogP) is 4.39. The van der Waals surface area contributed by atoms with Crippen LogP contribution in [0.2, 0.25) is 0 Å². The second-order valence-electron chi connectivity index (χ2n) is 5.96. The molecule has 3 aromatic rings. The minimum Gasteiger partial charge on any atom is -0.488 e.